The van der Waals surface area contributed by atoms with E-state index < -0.39 is 0 Å². The van der Waals surface area contributed by atoms with Crippen molar-refractivity contribution in [3.63, 3.8) is 0 Å². The maximum absolute atomic E-state index is 12.7. The van der Waals surface area contributed by atoms with Crippen molar-refractivity contribution in [2.24, 2.45) is 5.41 Å². The van der Waals surface area contributed by atoms with E-state index in [9.17, 15) is 4.79 Å². The molecule has 1 atom stereocenters. The lowest BCUT2D eigenvalue weighted by atomic mass is 9.92. The second kappa shape index (κ2) is 8.18. The summed E-state index contributed by atoms with van der Waals surface area (Å²) in [6.07, 6.45) is 0.734. The Morgan fingerprint density at radius 3 is 2.62 bits per heavy atom. The van der Waals surface area contributed by atoms with E-state index in [4.69, 9.17) is 4.52 Å². The molecule has 1 aliphatic heterocycles. The third kappa shape index (κ3) is 4.83. The summed E-state index contributed by atoms with van der Waals surface area (Å²) in [5.74, 6) is 1.27. The Morgan fingerprint density at radius 2 is 2.00 bits per heavy atom. The van der Waals surface area contributed by atoms with Gasteiger partial charge >= 0.3 is 0 Å². The van der Waals surface area contributed by atoms with Gasteiger partial charge in [0.15, 0.2) is 0 Å². The van der Waals surface area contributed by atoms with Gasteiger partial charge in [0.05, 0.1) is 0 Å². The van der Waals surface area contributed by atoms with Crippen LogP contribution in [0.1, 0.15) is 43.9 Å². The zero-order valence-electron chi connectivity index (χ0n) is 15.8. The summed E-state index contributed by atoms with van der Waals surface area (Å²) in [4.78, 5) is 19.0. The van der Waals surface area contributed by atoms with Gasteiger partial charge in [0.25, 0.3) is 5.91 Å². The Labute approximate surface area is 160 Å². The monoisotopic (exact) mass is 378 g/mol. The average molecular weight is 379 g/mol. The van der Waals surface area contributed by atoms with Crippen molar-refractivity contribution in [3.8, 4) is 11.4 Å². The van der Waals surface area contributed by atoms with Crippen molar-refractivity contribution in [2.45, 2.75) is 40.2 Å². The Morgan fingerprint density at radius 1 is 1.31 bits per heavy atom. The smallest absolute Gasteiger partial charge is 0.254 e. The predicted molar refractivity (Wildman–Crippen MR) is 104 cm³/mol. The van der Waals surface area contributed by atoms with Crippen LogP contribution in [-0.4, -0.2) is 46.6 Å². The number of benzene rings is 1. The molecule has 1 saturated heterocycles. The third-order valence-electron chi connectivity index (χ3n) is 4.30. The minimum absolute atomic E-state index is 0. The number of nitrogens with one attached hydrogen (secondary N) is 1. The lowest BCUT2D eigenvalue weighted by Crippen LogP contribution is -2.52. The van der Waals surface area contributed by atoms with Crippen LogP contribution < -0.4 is 5.32 Å². The number of carbonyl (C=O) groups is 1. The van der Waals surface area contributed by atoms with Gasteiger partial charge in [0, 0.05) is 43.2 Å². The molecule has 7 heteroatoms. The Kier molecular flexibility index (Phi) is 6.42. The maximum atomic E-state index is 12.7. The van der Waals surface area contributed by atoms with E-state index in [-0.39, 0.29) is 29.8 Å². The fraction of sp³-hybridized carbons (Fsp3) is 0.526. The zero-order valence-corrected chi connectivity index (χ0v) is 16.6. The van der Waals surface area contributed by atoms with E-state index in [1.807, 2.05) is 29.2 Å². The van der Waals surface area contributed by atoms with Crippen LogP contribution in [0.25, 0.3) is 11.4 Å². The molecule has 1 amide bonds. The largest absolute Gasteiger partial charge is 0.339 e. The second-order valence-corrected chi connectivity index (χ2v) is 7.88. The van der Waals surface area contributed by atoms with Crippen molar-refractivity contribution in [3.05, 3.63) is 35.7 Å². The number of hydrogen-bond acceptors (Lipinski definition) is 5. The van der Waals surface area contributed by atoms with Crippen LogP contribution in [0.4, 0.5) is 0 Å². The Hall–Kier alpha value is -1.92. The Balaban J connectivity index is 0.00000243. The summed E-state index contributed by atoms with van der Waals surface area (Å²) in [5, 5.41) is 7.36. The SMILES string of the molecule is C[C@H]1CNCCN1C(=O)c1ccc(-c2noc(CC(C)(C)C)n2)cc1.Cl. The number of carbonyl (C=O) groups excluding carboxylic acids is 1. The highest BCUT2D eigenvalue weighted by Gasteiger charge is 2.24. The minimum Gasteiger partial charge on any atom is -0.339 e. The van der Waals surface area contributed by atoms with Gasteiger partial charge in [-0.3, -0.25) is 4.79 Å². The van der Waals surface area contributed by atoms with Gasteiger partial charge in [-0.15, -0.1) is 12.4 Å². The second-order valence-electron chi connectivity index (χ2n) is 7.88. The van der Waals surface area contributed by atoms with Crippen LogP contribution in [0.2, 0.25) is 0 Å². The lowest BCUT2D eigenvalue weighted by Gasteiger charge is -2.34. The number of halogens is 1. The van der Waals surface area contributed by atoms with Crippen LogP contribution in [-0.2, 0) is 6.42 Å². The van der Waals surface area contributed by atoms with Gasteiger partial charge in [-0.25, -0.2) is 0 Å². The molecule has 26 heavy (non-hydrogen) atoms. The highest BCUT2D eigenvalue weighted by molar-refractivity contribution is 5.95. The highest BCUT2D eigenvalue weighted by Crippen LogP contribution is 2.22. The third-order valence-corrected chi connectivity index (χ3v) is 4.30. The van der Waals surface area contributed by atoms with Gasteiger partial charge in [-0.1, -0.05) is 38.1 Å². The number of piperazine rings is 1. The Bertz CT molecular complexity index is 737. The van der Waals surface area contributed by atoms with Crippen LogP contribution in [0.15, 0.2) is 28.8 Å². The van der Waals surface area contributed by atoms with Crippen LogP contribution in [0, 0.1) is 5.41 Å². The van der Waals surface area contributed by atoms with E-state index >= 15 is 0 Å². The average Bonchev–Trinajstić information content (AvgIpc) is 3.01. The summed E-state index contributed by atoms with van der Waals surface area (Å²) in [7, 11) is 0. The molecule has 1 aromatic carbocycles. The quantitative estimate of drug-likeness (QED) is 0.888. The van der Waals surface area contributed by atoms with E-state index in [1.165, 1.54) is 0 Å². The summed E-state index contributed by atoms with van der Waals surface area (Å²) >= 11 is 0. The first-order valence-electron chi connectivity index (χ1n) is 8.78. The summed E-state index contributed by atoms with van der Waals surface area (Å²) < 4.78 is 5.34. The molecule has 2 heterocycles. The molecule has 6 nitrogen and oxygen atoms in total. The van der Waals surface area contributed by atoms with Crippen LogP contribution >= 0.6 is 12.4 Å². The van der Waals surface area contributed by atoms with Gasteiger partial charge in [0.1, 0.15) is 0 Å². The van der Waals surface area contributed by atoms with Crippen molar-refractivity contribution in [2.75, 3.05) is 19.6 Å². The molecular weight excluding hydrogens is 352 g/mol. The van der Waals surface area contributed by atoms with E-state index in [0.29, 0.717) is 17.3 Å². The molecule has 1 N–H and O–H groups in total. The minimum atomic E-state index is 0. The number of nitrogens with zero attached hydrogens (tertiary/aromatic N) is 3. The standard InChI is InChI=1S/C19H26N4O2.ClH/c1-13-12-20-9-10-23(13)18(24)15-7-5-14(6-8-15)17-21-16(25-22-17)11-19(2,3)4;/h5-8,13,20H,9-12H2,1-4H3;1H/t13-;/m0./s1. The van der Waals surface area contributed by atoms with Crippen LogP contribution in [0.3, 0.4) is 0 Å². The first-order valence-corrected chi connectivity index (χ1v) is 8.78. The lowest BCUT2D eigenvalue weighted by molar-refractivity contribution is 0.0656. The van der Waals surface area contributed by atoms with Crippen molar-refractivity contribution in [1.82, 2.24) is 20.4 Å². The molecule has 0 spiro atoms. The maximum Gasteiger partial charge on any atom is 0.254 e. The number of hydrogen-bond donors (Lipinski definition) is 1. The van der Waals surface area contributed by atoms with Gasteiger partial charge in [0.2, 0.25) is 11.7 Å². The molecule has 0 bridgehead atoms. The molecule has 1 fully saturated rings. The molecule has 0 aliphatic carbocycles. The fourth-order valence-corrected chi connectivity index (χ4v) is 2.97. The molecule has 1 aliphatic rings. The molecular formula is C19H27ClN4O2. The molecule has 0 saturated carbocycles. The van der Waals surface area contributed by atoms with Crippen molar-refractivity contribution >= 4 is 18.3 Å². The summed E-state index contributed by atoms with van der Waals surface area (Å²) in [6, 6.07) is 7.65. The van der Waals surface area contributed by atoms with E-state index in [2.05, 4.69) is 43.2 Å². The summed E-state index contributed by atoms with van der Waals surface area (Å²) in [6.45, 7) is 10.9. The normalized spacial score (nSPS) is 17.7. The fourth-order valence-electron chi connectivity index (χ4n) is 2.97. The number of rotatable bonds is 3. The molecule has 2 aromatic rings. The topological polar surface area (TPSA) is 71.3 Å². The molecule has 1 aromatic heterocycles. The molecule has 0 radical (unpaired) electrons. The van der Waals surface area contributed by atoms with Gasteiger partial charge in [-0.2, -0.15) is 4.98 Å². The number of amides is 1. The molecule has 142 valence electrons. The predicted octanol–water partition coefficient (Wildman–Crippen LogP) is 3.18. The first-order chi connectivity index (χ1) is 11.8. The van der Waals surface area contributed by atoms with E-state index in [0.717, 1.165) is 31.6 Å². The summed E-state index contributed by atoms with van der Waals surface area (Å²) in [5.41, 5.74) is 1.64. The van der Waals surface area contributed by atoms with Crippen molar-refractivity contribution in [1.29, 1.82) is 0 Å². The van der Waals surface area contributed by atoms with Crippen LogP contribution in [0.5, 0.6) is 0 Å². The van der Waals surface area contributed by atoms with Gasteiger partial charge < -0.3 is 14.7 Å². The molecule has 3 rings (SSSR count). The number of aromatic nitrogens is 2. The van der Waals surface area contributed by atoms with Gasteiger partial charge in [-0.05, 0) is 24.5 Å². The molecule has 0 unspecified atom stereocenters. The van der Waals surface area contributed by atoms with E-state index in [1.54, 1.807) is 0 Å². The highest BCUT2D eigenvalue weighted by atomic mass is 35.5. The van der Waals surface area contributed by atoms with Crippen molar-refractivity contribution < 1.29 is 9.32 Å². The zero-order chi connectivity index (χ0) is 18.0. The first kappa shape index (κ1) is 20.4.